The van der Waals surface area contributed by atoms with Crippen molar-refractivity contribution in [3.05, 3.63) is 70.9 Å². The number of methoxy groups -OCH3 is 1. The molecule has 0 fully saturated rings. The third-order valence-electron chi connectivity index (χ3n) is 3.74. The van der Waals surface area contributed by atoms with Crippen molar-refractivity contribution in [2.75, 3.05) is 7.11 Å². The molecule has 4 nitrogen and oxygen atoms in total. The van der Waals surface area contributed by atoms with Crippen LogP contribution in [0.1, 0.15) is 20.8 Å². The van der Waals surface area contributed by atoms with Crippen LogP contribution in [-0.2, 0) is 0 Å². The number of carbonyl (C=O) groups is 2. The summed E-state index contributed by atoms with van der Waals surface area (Å²) in [6.45, 7) is 0. The second-order valence-electron chi connectivity index (χ2n) is 5.15. The molecule has 0 N–H and O–H groups in total. The van der Waals surface area contributed by atoms with Crippen LogP contribution in [0.2, 0.25) is 5.02 Å². The van der Waals surface area contributed by atoms with Gasteiger partial charge in [0.15, 0.2) is 12.6 Å². The molecule has 0 radical (unpaired) electrons. The lowest BCUT2D eigenvalue weighted by atomic mass is 10.1. The summed E-state index contributed by atoms with van der Waals surface area (Å²) in [7, 11) is 1.59. The van der Waals surface area contributed by atoms with Crippen LogP contribution in [0.3, 0.4) is 0 Å². The van der Waals surface area contributed by atoms with Gasteiger partial charge in [0, 0.05) is 21.8 Å². The fourth-order valence-electron chi connectivity index (χ4n) is 2.67. The number of aldehydes is 2. The van der Waals surface area contributed by atoms with Gasteiger partial charge >= 0.3 is 0 Å². The van der Waals surface area contributed by atoms with Crippen molar-refractivity contribution >= 4 is 24.2 Å². The zero-order valence-electron chi connectivity index (χ0n) is 12.9. The first-order chi connectivity index (χ1) is 11.7. The van der Waals surface area contributed by atoms with E-state index >= 15 is 0 Å². The van der Waals surface area contributed by atoms with Gasteiger partial charge in [0.2, 0.25) is 0 Å². The van der Waals surface area contributed by atoms with E-state index in [0.717, 1.165) is 23.8 Å². The van der Waals surface area contributed by atoms with E-state index in [1.807, 2.05) is 18.2 Å². The standard InChI is InChI=1S/C19H14ClNO3/c1-24-18-7-5-16(6-8-18)21-17(12-23)10-14(11-22)19(21)13-3-2-4-15(20)9-13/h2-12H,1H3. The van der Waals surface area contributed by atoms with Gasteiger partial charge < -0.3 is 9.30 Å². The molecule has 0 unspecified atom stereocenters. The third-order valence-corrected chi connectivity index (χ3v) is 3.97. The first kappa shape index (κ1) is 16.0. The van der Waals surface area contributed by atoms with Crippen LogP contribution in [-0.4, -0.2) is 24.2 Å². The summed E-state index contributed by atoms with van der Waals surface area (Å²) >= 11 is 6.09. The Bertz CT molecular complexity index is 897. The molecule has 1 heterocycles. The number of benzene rings is 2. The van der Waals surface area contributed by atoms with Gasteiger partial charge in [-0.1, -0.05) is 23.7 Å². The number of hydrogen-bond acceptors (Lipinski definition) is 3. The Hall–Kier alpha value is -2.85. The van der Waals surface area contributed by atoms with Crippen LogP contribution < -0.4 is 4.74 Å². The highest BCUT2D eigenvalue weighted by atomic mass is 35.5. The van der Waals surface area contributed by atoms with Crippen molar-refractivity contribution in [3.8, 4) is 22.7 Å². The Kier molecular flexibility index (Phi) is 4.49. The summed E-state index contributed by atoms with van der Waals surface area (Å²) in [5.41, 5.74) is 2.95. The minimum Gasteiger partial charge on any atom is -0.497 e. The molecule has 2 aromatic carbocycles. The molecule has 0 aliphatic rings. The average Bonchev–Trinajstić information content (AvgIpc) is 3.00. The molecule has 0 bridgehead atoms. The fourth-order valence-corrected chi connectivity index (χ4v) is 2.86. The minimum atomic E-state index is 0.386. The fraction of sp³-hybridized carbons (Fsp3) is 0.0526. The zero-order chi connectivity index (χ0) is 17.1. The largest absolute Gasteiger partial charge is 0.497 e. The van der Waals surface area contributed by atoms with E-state index in [1.54, 1.807) is 48.1 Å². The predicted molar refractivity (Wildman–Crippen MR) is 93.5 cm³/mol. The van der Waals surface area contributed by atoms with E-state index in [-0.39, 0.29) is 0 Å². The molecule has 24 heavy (non-hydrogen) atoms. The molecule has 3 rings (SSSR count). The summed E-state index contributed by atoms with van der Waals surface area (Å²) in [6, 6.07) is 16.0. The SMILES string of the molecule is COc1ccc(-n2c(C=O)cc(C=O)c2-c2cccc(Cl)c2)cc1. The molecule has 0 aliphatic carbocycles. The first-order valence-corrected chi connectivity index (χ1v) is 7.62. The highest BCUT2D eigenvalue weighted by Gasteiger charge is 2.18. The number of aromatic nitrogens is 1. The van der Waals surface area contributed by atoms with Crippen LogP contribution in [0.4, 0.5) is 0 Å². The van der Waals surface area contributed by atoms with E-state index in [9.17, 15) is 9.59 Å². The van der Waals surface area contributed by atoms with E-state index < -0.39 is 0 Å². The van der Waals surface area contributed by atoms with Crippen LogP contribution in [0.5, 0.6) is 5.75 Å². The number of carbonyl (C=O) groups excluding carboxylic acids is 2. The molecular formula is C19H14ClNO3. The Balaban J connectivity index is 2.28. The average molecular weight is 340 g/mol. The van der Waals surface area contributed by atoms with Gasteiger partial charge in [0.1, 0.15) is 5.75 Å². The molecule has 0 atom stereocenters. The highest BCUT2D eigenvalue weighted by Crippen LogP contribution is 2.31. The van der Waals surface area contributed by atoms with E-state index in [2.05, 4.69) is 0 Å². The van der Waals surface area contributed by atoms with Crippen LogP contribution in [0.25, 0.3) is 16.9 Å². The van der Waals surface area contributed by atoms with Crippen molar-refractivity contribution < 1.29 is 14.3 Å². The topological polar surface area (TPSA) is 48.3 Å². The van der Waals surface area contributed by atoms with Crippen molar-refractivity contribution in [1.82, 2.24) is 4.57 Å². The summed E-state index contributed by atoms with van der Waals surface area (Å²) in [4.78, 5) is 23.0. The number of rotatable bonds is 5. The second-order valence-corrected chi connectivity index (χ2v) is 5.59. The van der Waals surface area contributed by atoms with Crippen LogP contribution in [0, 0.1) is 0 Å². The van der Waals surface area contributed by atoms with Gasteiger partial charge in [-0.3, -0.25) is 9.59 Å². The normalized spacial score (nSPS) is 10.4. The maximum Gasteiger partial charge on any atom is 0.166 e. The summed E-state index contributed by atoms with van der Waals surface area (Å²) in [6.07, 6.45) is 1.47. The molecule has 0 aliphatic heterocycles. The smallest absolute Gasteiger partial charge is 0.166 e. The number of ether oxygens (including phenoxy) is 1. The van der Waals surface area contributed by atoms with E-state index in [4.69, 9.17) is 16.3 Å². The molecular weight excluding hydrogens is 326 g/mol. The predicted octanol–water partition coefficient (Wildman–Crippen LogP) is 4.43. The van der Waals surface area contributed by atoms with Crippen molar-refractivity contribution in [3.63, 3.8) is 0 Å². The highest BCUT2D eigenvalue weighted by molar-refractivity contribution is 6.30. The molecule has 5 heteroatoms. The van der Waals surface area contributed by atoms with Gasteiger partial charge in [-0.15, -0.1) is 0 Å². The maximum atomic E-state index is 11.5. The second kappa shape index (κ2) is 6.72. The first-order valence-electron chi connectivity index (χ1n) is 7.24. The zero-order valence-corrected chi connectivity index (χ0v) is 13.7. The lowest BCUT2D eigenvalue weighted by Crippen LogP contribution is -2.02. The molecule has 1 aromatic heterocycles. The molecule has 120 valence electrons. The molecule has 3 aromatic rings. The summed E-state index contributed by atoms with van der Waals surface area (Å²) < 4.78 is 6.90. The van der Waals surface area contributed by atoms with Crippen molar-refractivity contribution in [1.29, 1.82) is 0 Å². The Labute approximate surface area is 144 Å². The third kappa shape index (κ3) is 2.84. The minimum absolute atomic E-state index is 0.386. The molecule has 0 saturated heterocycles. The summed E-state index contributed by atoms with van der Waals surface area (Å²) in [5, 5.41) is 0.555. The molecule has 0 spiro atoms. The van der Waals surface area contributed by atoms with Crippen molar-refractivity contribution in [2.45, 2.75) is 0 Å². The van der Waals surface area contributed by atoms with Crippen molar-refractivity contribution in [2.24, 2.45) is 0 Å². The van der Waals surface area contributed by atoms with E-state index in [1.165, 1.54) is 0 Å². The van der Waals surface area contributed by atoms with E-state index in [0.29, 0.717) is 27.7 Å². The number of hydrogen-bond donors (Lipinski definition) is 0. The van der Waals surface area contributed by atoms with Gasteiger partial charge in [0.05, 0.1) is 18.5 Å². The Morgan fingerprint density at radius 3 is 2.33 bits per heavy atom. The lowest BCUT2D eigenvalue weighted by Gasteiger charge is -2.13. The molecule has 0 amide bonds. The van der Waals surface area contributed by atoms with Gasteiger partial charge in [-0.25, -0.2) is 0 Å². The number of halogens is 1. The molecule has 0 saturated carbocycles. The van der Waals surface area contributed by atoms with Gasteiger partial charge in [-0.05, 0) is 42.5 Å². The summed E-state index contributed by atoms with van der Waals surface area (Å²) in [5.74, 6) is 0.707. The number of nitrogens with zero attached hydrogens (tertiary/aromatic N) is 1. The van der Waals surface area contributed by atoms with Crippen LogP contribution >= 0.6 is 11.6 Å². The maximum absolute atomic E-state index is 11.5. The van der Waals surface area contributed by atoms with Gasteiger partial charge in [0.25, 0.3) is 0 Å². The lowest BCUT2D eigenvalue weighted by molar-refractivity contribution is 0.111. The monoisotopic (exact) mass is 339 g/mol. The Morgan fingerprint density at radius 2 is 1.75 bits per heavy atom. The van der Waals surface area contributed by atoms with Crippen LogP contribution in [0.15, 0.2) is 54.6 Å². The Morgan fingerprint density at radius 1 is 1.00 bits per heavy atom. The quantitative estimate of drug-likeness (QED) is 0.646. The van der Waals surface area contributed by atoms with Gasteiger partial charge in [-0.2, -0.15) is 0 Å².